The highest BCUT2D eigenvalue weighted by atomic mass is 32.1. The molecule has 32 heavy (non-hydrogen) atoms. The maximum absolute atomic E-state index is 13.6. The highest BCUT2D eigenvalue weighted by molar-refractivity contribution is 7.11. The summed E-state index contributed by atoms with van der Waals surface area (Å²) in [5.41, 5.74) is 1.19. The molecule has 0 aliphatic carbocycles. The number of hydrogen-bond acceptors (Lipinski definition) is 8. The van der Waals surface area contributed by atoms with Gasteiger partial charge in [0.15, 0.2) is 4.80 Å². The Morgan fingerprint density at radius 1 is 1.25 bits per heavy atom. The normalized spacial score (nSPS) is 15.9. The number of ether oxygens (including phenoxy) is 3. The summed E-state index contributed by atoms with van der Waals surface area (Å²) in [6.07, 6.45) is 1.84. The molecule has 0 spiro atoms. The number of aromatic nitrogens is 1. The van der Waals surface area contributed by atoms with Gasteiger partial charge in [-0.3, -0.25) is 9.36 Å². The fraction of sp³-hybridized carbons (Fsp3) is 0.261. The highest BCUT2D eigenvalue weighted by Crippen LogP contribution is 2.37. The van der Waals surface area contributed by atoms with Crippen LogP contribution in [0, 0.1) is 0 Å². The van der Waals surface area contributed by atoms with Crippen molar-refractivity contribution in [1.82, 2.24) is 4.57 Å². The summed E-state index contributed by atoms with van der Waals surface area (Å²) in [6, 6.07) is 8.41. The third-order valence-corrected chi connectivity index (χ3v) is 6.87. The van der Waals surface area contributed by atoms with Crippen LogP contribution in [0.1, 0.15) is 30.3 Å². The number of nitrogens with zero attached hydrogens (tertiary/aromatic N) is 2. The molecule has 0 bridgehead atoms. The molecule has 2 aromatic heterocycles. The van der Waals surface area contributed by atoms with Crippen molar-refractivity contribution in [2.24, 2.45) is 4.99 Å². The average Bonchev–Trinajstić information content (AvgIpc) is 3.40. The van der Waals surface area contributed by atoms with Crippen LogP contribution in [-0.2, 0) is 9.53 Å². The first-order valence-electron chi connectivity index (χ1n) is 9.93. The van der Waals surface area contributed by atoms with E-state index in [-0.39, 0.29) is 12.2 Å². The van der Waals surface area contributed by atoms with Crippen LogP contribution in [0.5, 0.6) is 11.5 Å². The topological polar surface area (TPSA) is 79.1 Å². The van der Waals surface area contributed by atoms with Crippen LogP contribution in [0.2, 0.25) is 0 Å². The Bertz CT molecular complexity index is 1370. The average molecular weight is 471 g/mol. The van der Waals surface area contributed by atoms with Gasteiger partial charge in [-0.15, -0.1) is 11.3 Å². The number of carbonyl (C=O) groups is 1. The van der Waals surface area contributed by atoms with E-state index in [1.54, 1.807) is 62.2 Å². The number of allylic oxidation sites excluding steroid dienone is 1. The van der Waals surface area contributed by atoms with Gasteiger partial charge in [-0.2, -0.15) is 0 Å². The molecule has 3 heterocycles. The summed E-state index contributed by atoms with van der Waals surface area (Å²) in [5.74, 6) is 0.593. The number of esters is 1. The first-order valence-corrected chi connectivity index (χ1v) is 11.6. The molecule has 0 saturated carbocycles. The number of rotatable bonds is 6. The second kappa shape index (κ2) is 9.13. The molecular weight excluding hydrogens is 448 g/mol. The SMILES string of the molecule is CCOC(=O)C1=C(C)N=c2sc(=Cc3cccs3)c(=O)n2C1c1cc(OC)ccc1OC. The lowest BCUT2D eigenvalue weighted by molar-refractivity contribution is -0.139. The predicted molar refractivity (Wildman–Crippen MR) is 124 cm³/mol. The molecule has 4 rings (SSSR count). The van der Waals surface area contributed by atoms with E-state index in [9.17, 15) is 9.59 Å². The summed E-state index contributed by atoms with van der Waals surface area (Å²) in [7, 11) is 3.11. The molecule has 0 amide bonds. The van der Waals surface area contributed by atoms with E-state index in [1.807, 2.05) is 23.6 Å². The minimum absolute atomic E-state index is 0.209. The number of fused-ring (bicyclic) bond motifs is 1. The molecule has 7 nitrogen and oxygen atoms in total. The highest BCUT2D eigenvalue weighted by Gasteiger charge is 2.35. The minimum atomic E-state index is -0.763. The molecule has 1 atom stereocenters. The Labute approximate surface area is 192 Å². The second-order valence-corrected chi connectivity index (χ2v) is 8.91. The van der Waals surface area contributed by atoms with Crippen LogP contribution < -0.4 is 24.4 Å². The molecule has 0 N–H and O–H groups in total. The summed E-state index contributed by atoms with van der Waals surface area (Å²) < 4.78 is 18.4. The van der Waals surface area contributed by atoms with E-state index in [4.69, 9.17) is 14.2 Å². The zero-order valence-corrected chi connectivity index (χ0v) is 19.7. The monoisotopic (exact) mass is 470 g/mol. The second-order valence-electron chi connectivity index (χ2n) is 6.93. The van der Waals surface area contributed by atoms with Crippen LogP contribution in [0.4, 0.5) is 0 Å². The summed E-state index contributed by atoms with van der Waals surface area (Å²) in [4.78, 5) is 32.6. The molecule has 166 valence electrons. The molecule has 0 fully saturated rings. The van der Waals surface area contributed by atoms with Gasteiger partial charge in [0.2, 0.25) is 0 Å². The van der Waals surface area contributed by atoms with Crippen molar-refractivity contribution in [3.63, 3.8) is 0 Å². The van der Waals surface area contributed by atoms with Crippen molar-refractivity contribution in [1.29, 1.82) is 0 Å². The van der Waals surface area contributed by atoms with Gasteiger partial charge in [0, 0.05) is 10.4 Å². The van der Waals surface area contributed by atoms with E-state index in [0.29, 0.717) is 37.7 Å². The number of thiophene rings is 1. The standard InChI is InChI=1S/C23H22N2O5S2/c1-5-30-22(27)19-13(2)24-23-25(21(26)18(32-23)12-15-7-6-10-31-15)20(19)16-11-14(28-3)8-9-17(16)29-4/h6-12,20H,5H2,1-4H3. The lowest BCUT2D eigenvalue weighted by Gasteiger charge is -2.26. The Morgan fingerprint density at radius 2 is 2.06 bits per heavy atom. The van der Waals surface area contributed by atoms with Crippen molar-refractivity contribution >= 4 is 34.7 Å². The Morgan fingerprint density at radius 3 is 2.72 bits per heavy atom. The molecule has 1 aromatic carbocycles. The lowest BCUT2D eigenvalue weighted by Crippen LogP contribution is -2.40. The minimum Gasteiger partial charge on any atom is -0.497 e. The molecule has 1 aliphatic rings. The van der Waals surface area contributed by atoms with Gasteiger partial charge < -0.3 is 14.2 Å². The Balaban J connectivity index is 2.03. The van der Waals surface area contributed by atoms with Gasteiger partial charge >= 0.3 is 5.97 Å². The number of benzene rings is 1. The van der Waals surface area contributed by atoms with Gasteiger partial charge in [-0.25, -0.2) is 9.79 Å². The van der Waals surface area contributed by atoms with Crippen LogP contribution >= 0.6 is 22.7 Å². The largest absolute Gasteiger partial charge is 0.497 e. The zero-order valence-electron chi connectivity index (χ0n) is 18.1. The quantitative estimate of drug-likeness (QED) is 0.518. The first-order chi connectivity index (χ1) is 15.5. The van der Waals surface area contributed by atoms with Gasteiger partial charge in [-0.05, 0) is 49.6 Å². The van der Waals surface area contributed by atoms with E-state index < -0.39 is 12.0 Å². The predicted octanol–water partition coefficient (Wildman–Crippen LogP) is 2.88. The Kier molecular flexibility index (Phi) is 6.29. The van der Waals surface area contributed by atoms with Crippen molar-refractivity contribution < 1.29 is 19.0 Å². The molecule has 0 radical (unpaired) electrons. The Hall–Kier alpha value is -3.17. The molecular formula is C23H22N2O5S2. The van der Waals surface area contributed by atoms with E-state index in [1.165, 1.54) is 11.3 Å². The summed E-state index contributed by atoms with van der Waals surface area (Å²) in [5, 5.41) is 1.95. The van der Waals surface area contributed by atoms with Crippen molar-refractivity contribution in [2.75, 3.05) is 20.8 Å². The third-order valence-electron chi connectivity index (χ3n) is 5.07. The van der Waals surface area contributed by atoms with Crippen molar-refractivity contribution in [3.8, 4) is 11.5 Å². The molecule has 1 aliphatic heterocycles. The molecule has 9 heteroatoms. The van der Waals surface area contributed by atoms with Gasteiger partial charge in [0.25, 0.3) is 5.56 Å². The van der Waals surface area contributed by atoms with E-state index >= 15 is 0 Å². The van der Waals surface area contributed by atoms with Gasteiger partial charge in [-0.1, -0.05) is 17.4 Å². The van der Waals surface area contributed by atoms with Crippen molar-refractivity contribution in [3.05, 3.63) is 77.1 Å². The molecule has 0 saturated heterocycles. The lowest BCUT2D eigenvalue weighted by atomic mass is 9.95. The fourth-order valence-corrected chi connectivity index (χ4v) is 5.41. The number of carbonyl (C=O) groups excluding carboxylic acids is 1. The summed E-state index contributed by atoms with van der Waals surface area (Å²) in [6.45, 7) is 3.70. The first kappa shape index (κ1) is 22.0. The van der Waals surface area contributed by atoms with Crippen LogP contribution in [0.25, 0.3) is 6.08 Å². The number of thiazole rings is 1. The number of methoxy groups -OCH3 is 2. The fourth-order valence-electron chi connectivity index (χ4n) is 3.64. The summed E-state index contributed by atoms with van der Waals surface area (Å²) >= 11 is 2.83. The van der Waals surface area contributed by atoms with Gasteiger partial charge in [0.05, 0.1) is 36.6 Å². The zero-order chi connectivity index (χ0) is 22.8. The maximum Gasteiger partial charge on any atom is 0.338 e. The van der Waals surface area contributed by atoms with Crippen LogP contribution in [0.3, 0.4) is 0 Å². The van der Waals surface area contributed by atoms with E-state index in [2.05, 4.69) is 4.99 Å². The van der Waals surface area contributed by atoms with Crippen LogP contribution in [-0.4, -0.2) is 31.4 Å². The molecule has 1 unspecified atom stereocenters. The van der Waals surface area contributed by atoms with E-state index in [0.717, 1.165) is 4.88 Å². The molecule has 3 aromatic rings. The maximum atomic E-state index is 13.6. The van der Waals surface area contributed by atoms with Gasteiger partial charge in [0.1, 0.15) is 17.5 Å². The smallest absolute Gasteiger partial charge is 0.338 e. The van der Waals surface area contributed by atoms with Crippen LogP contribution in [0.15, 0.2) is 56.8 Å². The number of hydrogen-bond donors (Lipinski definition) is 0. The van der Waals surface area contributed by atoms with Crippen molar-refractivity contribution in [2.45, 2.75) is 19.9 Å². The third kappa shape index (κ3) is 3.89.